The first-order valence-corrected chi connectivity index (χ1v) is 5.38. The minimum atomic E-state index is -1.17. The normalized spacial score (nSPS) is 14.3. The predicted octanol–water partition coefficient (Wildman–Crippen LogP) is -0.382. The second-order valence-electron chi connectivity index (χ2n) is 4.28. The van der Waals surface area contributed by atoms with Crippen LogP contribution < -0.4 is 11.1 Å². The van der Waals surface area contributed by atoms with Crippen LogP contribution in [-0.2, 0) is 6.54 Å². The van der Waals surface area contributed by atoms with E-state index in [4.69, 9.17) is 10.8 Å². The Morgan fingerprint density at radius 3 is 2.71 bits per heavy atom. The average molecular weight is 238 g/mol. The fraction of sp³-hybridized carbons (Fsp3) is 0.417. The number of aliphatic hydroxyl groups excluding tert-OH is 1. The first-order valence-electron chi connectivity index (χ1n) is 5.38. The minimum absolute atomic E-state index is 0.233. The fourth-order valence-corrected chi connectivity index (χ4v) is 1.44. The maximum atomic E-state index is 11.1. The van der Waals surface area contributed by atoms with Gasteiger partial charge in [0.1, 0.15) is 0 Å². The van der Waals surface area contributed by atoms with Crippen LogP contribution in [0.2, 0.25) is 0 Å². The van der Waals surface area contributed by atoms with Gasteiger partial charge in [-0.2, -0.15) is 0 Å². The van der Waals surface area contributed by atoms with Gasteiger partial charge in [0.25, 0.3) is 0 Å². The summed E-state index contributed by atoms with van der Waals surface area (Å²) in [6, 6.07) is 7.01. The molecule has 17 heavy (non-hydrogen) atoms. The molecule has 0 fully saturated rings. The summed E-state index contributed by atoms with van der Waals surface area (Å²) in [7, 11) is 0. The molecule has 0 saturated heterocycles. The van der Waals surface area contributed by atoms with Crippen LogP contribution in [0.1, 0.15) is 22.8 Å². The molecule has 0 heterocycles. The van der Waals surface area contributed by atoms with E-state index in [1.165, 1.54) is 6.92 Å². The number of carbonyl (C=O) groups is 1. The van der Waals surface area contributed by atoms with Crippen molar-refractivity contribution < 1.29 is 15.0 Å². The molecule has 0 aliphatic rings. The summed E-state index contributed by atoms with van der Waals surface area (Å²) >= 11 is 0. The third kappa shape index (κ3) is 4.14. The predicted molar refractivity (Wildman–Crippen MR) is 64.4 cm³/mol. The number of aliphatic hydroxyl groups is 2. The number of hydrogen-bond donors (Lipinski definition) is 4. The molecular formula is C12H18N2O3. The summed E-state index contributed by atoms with van der Waals surface area (Å²) in [4.78, 5) is 11.1. The van der Waals surface area contributed by atoms with E-state index in [0.29, 0.717) is 12.1 Å². The van der Waals surface area contributed by atoms with Crippen LogP contribution in [0.3, 0.4) is 0 Å². The number of primary amides is 1. The molecule has 5 nitrogen and oxygen atoms in total. The molecular weight excluding hydrogens is 220 g/mol. The summed E-state index contributed by atoms with van der Waals surface area (Å²) in [5.74, 6) is -0.476. The van der Waals surface area contributed by atoms with E-state index in [1.807, 2.05) is 6.07 Å². The number of carbonyl (C=O) groups excluding carboxylic acids is 1. The van der Waals surface area contributed by atoms with Crippen molar-refractivity contribution in [1.29, 1.82) is 0 Å². The lowest BCUT2D eigenvalue weighted by molar-refractivity contribution is 0.00253. The molecule has 5 heteroatoms. The van der Waals surface area contributed by atoms with E-state index in [2.05, 4.69) is 5.32 Å². The third-order valence-corrected chi connectivity index (χ3v) is 2.44. The Balaban J connectivity index is 2.61. The lowest BCUT2D eigenvalue weighted by Gasteiger charge is -2.21. The maximum Gasteiger partial charge on any atom is 0.249 e. The molecule has 5 N–H and O–H groups in total. The van der Waals surface area contributed by atoms with Crippen molar-refractivity contribution in [2.45, 2.75) is 19.1 Å². The van der Waals surface area contributed by atoms with Crippen LogP contribution >= 0.6 is 0 Å². The van der Waals surface area contributed by atoms with Gasteiger partial charge in [0.05, 0.1) is 12.2 Å². The van der Waals surface area contributed by atoms with Crippen molar-refractivity contribution in [3.05, 3.63) is 35.4 Å². The minimum Gasteiger partial charge on any atom is -0.393 e. The SMILES string of the molecule is CC(O)(CO)CNCc1ccccc1C(N)=O. The summed E-state index contributed by atoms with van der Waals surface area (Å²) in [5.41, 5.74) is 5.31. The van der Waals surface area contributed by atoms with Gasteiger partial charge in [-0.1, -0.05) is 18.2 Å². The van der Waals surface area contributed by atoms with Crippen molar-refractivity contribution in [3.8, 4) is 0 Å². The van der Waals surface area contributed by atoms with Crippen molar-refractivity contribution in [2.75, 3.05) is 13.2 Å². The Labute approximate surface area is 100 Å². The number of benzene rings is 1. The smallest absolute Gasteiger partial charge is 0.249 e. The van der Waals surface area contributed by atoms with E-state index in [0.717, 1.165) is 5.56 Å². The van der Waals surface area contributed by atoms with Gasteiger partial charge in [-0.15, -0.1) is 0 Å². The molecule has 0 aliphatic heterocycles. The molecule has 1 amide bonds. The number of nitrogens with one attached hydrogen (secondary N) is 1. The second kappa shape index (κ2) is 5.77. The van der Waals surface area contributed by atoms with E-state index < -0.39 is 11.5 Å². The van der Waals surface area contributed by atoms with E-state index >= 15 is 0 Å². The zero-order chi connectivity index (χ0) is 12.9. The first kappa shape index (κ1) is 13.6. The highest BCUT2D eigenvalue weighted by molar-refractivity contribution is 5.94. The molecule has 1 unspecified atom stereocenters. The van der Waals surface area contributed by atoms with Gasteiger partial charge >= 0.3 is 0 Å². The Morgan fingerprint density at radius 2 is 2.12 bits per heavy atom. The molecule has 1 rings (SSSR count). The van der Waals surface area contributed by atoms with Crippen LogP contribution in [0.4, 0.5) is 0 Å². The van der Waals surface area contributed by atoms with E-state index in [9.17, 15) is 9.90 Å². The van der Waals surface area contributed by atoms with Crippen LogP contribution in [-0.4, -0.2) is 34.9 Å². The van der Waals surface area contributed by atoms with Gasteiger partial charge in [0.15, 0.2) is 0 Å². The molecule has 94 valence electrons. The Morgan fingerprint density at radius 1 is 1.47 bits per heavy atom. The van der Waals surface area contributed by atoms with Gasteiger partial charge in [-0.25, -0.2) is 0 Å². The van der Waals surface area contributed by atoms with E-state index in [-0.39, 0.29) is 13.2 Å². The Bertz CT molecular complexity index is 391. The standard InChI is InChI=1S/C12H18N2O3/c1-12(17,8-15)7-14-6-9-4-2-3-5-10(9)11(13)16/h2-5,14-15,17H,6-8H2,1H3,(H2,13,16). The number of nitrogens with two attached hydrogens (primary N) is 1. The highest BCUT2D eigenvalue weighted by Gasteiger charge is 2.18. The lowest BCUT2D eigenvalue weighted by atomic mass is 10.1. The topological polar surface area (TPSA) is 95.6 Å². The quantitative estimate of drug-likeness (QED) is 0.543. The van der Waals surface area contributed by atoms with Crippen molar-refractivity contribution >= 4 is 5.91 Å². The summed E-state index contributed by atoms with van der Waals surface area (Å²) < 4.78 is 0. The van der Waals surface area contributed by atoms with Crippen LogP contribution in [0, 0.1) is 0 Å². The number of hydrogen-bond acceptors (Lipinski definition) is 4. The van der Waals surface area contributed by atoms with Crippen LogP contribution in [0.15, 0.2) is 24.3 Å². The largest absolute Gasteiger partial charge is 0.393 e. The number of amides is 1. The number of rotatable bonds is 6. The molecule has 1 aromatic carbocycles. The maximum absolute atomic E-state index is 11.1. The first-order chi connectivity index (χ1) is 7.96. The van der Waals surface area contributed by atoms with Gasteiger partial charge in [-0.05, 0) is 18.6 Å². The fourth-order valence-electron chi connectivity index (χ4n) is 1.44. The highest BCUT2D eigenvalue weighted by Crippen LogP contribution is 2.08. The van der Waals surface area contributed by atoms with Gasteiger partial charge in [0.2, 0.25) is 5.91 Å². The third-order valence-electron chi connectivity index (χ3n) is 2.44. The summed E-state index contributed by atoms with van der Waals surface area (Å²) in [6.45, 7) is 1.85. The van der Waals surface area contributed by atoms with Gasteiger partial charge in [-0.3, -0.25) is 4.79 Å². The van der Waals surface area contributed by atoms with Crippen molar-refractivity contribution in [2.24, 2.45) is 5.73 Å². The Kier molecular flexibility index (Phi) is 4.62. The lowest BCUT2D eigenvalue weighted by Crippen LogP contribution is -2.40. The summed E-state index contributed by atoms with van der Waals surface area (Å²) in [6.07, 6.45) is 0. The Hall–Kier alpha value is -1.43. The molecule has 1 aromatic rings. The van der Waals surface area contributed by atoms with Crippen LogP contribution in [0.5, 0.6) is 0 Å². The van der Waals surface area contributed by atoms with Crippen molar-refractivity contribution in [3.63, 3.8) is 0 Å². The average Bonchev–Trinajstić information content (AvgIpc) is 2.29. The van der Waals surface area contributed by atoms with Crippen molar-refractivity contribution in [1.82, 2.24) is 5.32 Å². The van der Waals surface area contributed by atoms with Gasteiger partial charge in [0, 0.05) is 18.7 Å². The molecule has 0 bridgehead atoms. The molecule has 0 spiro atoms. The highest BCUT2D eigenvalue weighted by atomic mass is 16.3. The zero-order valence-corrected chi connectivity index (χ0v) is 9.81. The molecule has 0 saturated carbocycles. The molecule has 0 aliphatic carbocycles. The van der Waals surface area contributed by atoms with Gasteiger partial charge < -0.3 is 21.3 Å². The van der Waals surface area contributed by atoms with E-state index in [1.54, 1.807) is 18.2 Å². The zero-order valence-electron chi connectivity index (χ0n) is 9.81. The molecule has 1 atom stereocenters. The summed E-state index contributed by atoms with van der Waals surface area (Å²) in [5, 5.41) is 21.4. The second-order valence-corrected chi connectivity index (χ2v) is 4.28. The van der Waals surface area contributed by atoms with Crippen LogP contribution in [0.25, 0.3) is 0 Å². The monoisotopic (exact) mass is 238 g/mol. The molecule has 0 radical (unpaired) electrons. The molecule has 0 aromatic heterocycles.